The summed E-state index contributed by atoms with van der Waals surface area (Å²) in [6.45, 7) is 8.08. The summed E-state index contributed by atoms with van der Waals surface area (Å²) < 4.78 is 5.91. The molecule has 4 amide bonds. The van der Waals surface area contributed by atoms with Crippen LogP contribution in [-0.4, -0.2) is 60.4 Å². The number of piperidine rings is 1. The van der Waals surface area contributed by atoms with Crippen molar-refractivity contribution in [3.63, 3.8) is 0 Å². The van der Waals surface area contributed by atoms with Crippen molar-refractivity contribution < 1.29 is 23.9 Å². The van der Waals surface area contributed by atoms with Crippen molar-refractivity contribution in [3.05, 3.63) is 29.3 Å². The summed E-state index contributed by atoms with van der Waals surface area (Å²) in [6.07, 6.45) is 0.244. The number of fused-ring (bicyclic) bond motifs is 1. The lowest BCUT2D eigenvalue weighted by Gasteiger charge is -2.41. The van der Waals surface area contributed by atoms with Gasteiger partial charge in [-0.3, -0.25) is 29.4 Å². The second-order valence-corrected chi connectivity index (χ2v) is 8.82. The monoisotopic (exact) mass is 399 g/mol. The third kappa shape index (κ3) is 3.31. The summed E-state index contributed by atoms with van der Waals surface area (Å²) in [5.74, 6) is -1.95. The van der Waals surface area contributed by atoms with E-state index in [1.54, 1.807) is 12.1 Å². The molecule has 0 bridgehead atoms. The van der Waals surface area contributed by atoms with Crippen LogP contribution in [0.15, 0.2) is 18.2 Å². The van der Waals surface area contributed by atoms with Crippen LogP contribution in [0.2, 0.25) is 0 Å². The van der Waals surface area contributed by atoms with Crippen molar-refractivity contribution in [2.45, 2.75) is 45.8 Å². The van der Waals surface area contributed by atoms with Crippen molar-refractivity contribution in [1.29, 1.82) is 0 Å². The maximum absolute atomic E-state index is 13.3. The summed E-state index contributed by atoms with van der Waals surface area (Å²) in [6, 6.07) is 4.25. The lowest BCUT2D eigenvalue weighted by atomic mass is 9.88. The highest BCUT2D eigenvalue weighted by Gasteiger charge is 2.46. The molecule has 1 aromatic carbocycles. The average Bonchev–Trinajstić information content (AvgIpc) is 2.92. The van der Waals surface area contributed by atoms with Crippen LogP contribution in [0.4, 0.5) is 5.69 Å². The van der Waals surface area contributed by atoms with E-state index in [0.717, 1.165) is 4.90 Å². The highest BCUT2D eigenvalue weighted by atomic mass is 16.5. The molecule has 1 N–H and O–H groups in total. The number of hydrogen-bond donors (Lipinski definition) is 1. The van der Waals surface area contributed by atoms with Gasteiger partial charge in [0.25, 0.3) is 11.8 Å². The first-order chi connectivity index (χ1) is 13.7. The maximum atomic E-state index is 13.3. The molecule has 0 saturated carbocycles. The van der Waals surface area contributed by atoms with Gasteiger partial charge in [-0.1, -0.05) is 26.8 Å². The van der Waals surface area contributed by atoms with Gasteiger partial charge in [-0.2, -0.15) is 0 Å². The van der Waals surface area contributed by atoms with E-state index < -0.39 is 23.8 Å². The standard InChI is InChI=1S/C21H25N3O5/c1-21(2,3)15-11-23(9-10-29-15)13-6-4-5-12-17(13)20(28)24(19(12)27)14-7-8-16(25)22-18(14)26/h4-6,14-15H,7-11H2,1-3H3,(H,22,25,26). The zero-order chi connectivity index (χ0) is 20.9. The second-order valence-electron chi connectivity index (χ2n) is 8.82. The van der Waals surface area contributed by atoms with Gasteiger partial charge in [-0.15, -0.1) is 0 Å². The highest BCUT2D eigenvalue weighted by molar-refractivity contribution is 6.25. The van der Waals surface area contributed by atoms with Crippen LogP contribution >= 0.6 is 0 Å². The van der Waals surface area contributed by atoms with Crippen molar-refractivity contribution in [1.82, 2.24) is 10.2 Å². The summed E-state index contributed by atoms with van der Waals surface area (Å²) in [5.41, 5.74) is 1.26. The van der Waals surface area contributed by atoms with Crippen LogP contribution < -0.4 is 10.2 Å². The number of imide groups is 2. The first-order valence-corrected chi connectivity index (χ1v) is 9.89. The van der Waals surface area contributed by atoms with Gasteiger partial charge in [0.2, 0.25) is 11.8 Å². The summed E-state index contributed by atoms with van der Waals surface area (Å²) in [7, 11) is 0. The van der Waals surface area contributed by atoms with Gasteiger partial charge < -0.3 is 9.64 Å². The number of carbonyl (C=O) groups excluding carboxylic acids is 4. The van der Waals surface area contributed by atoms with E-state index in [-0.39, 0.29) is 30.3 Å². The number of nitrogens with zero attached hydrogens (tertiary/aromatic N) is 2. The third-order valence-electron chi connectivity index (χ3n) is 5.82. The lowest BCUT2D eigenvalue weighted by Crippen LogP contribution is -2.54. The largest absolute Gasteiger partial charge is 0.374 e. The first kappa shape index (κ1) is 19.6. The molecule has 8 heteroatoms. The normalized spacial score (nSPS) is 25.3. The van der Waals surface area contributed by atoms with Crippen molar-refractivity contribution in [3.8, 4) is 0 Å². The Morgan fingerprint density at radius 2 is 1.86 bits per heavy atom. The molecule has 0 aromatic heterocycles. The zero-order valence-corrected chi connectivity index (χ0v) is 16.9. The summed E-state index contributed by atoms with van der Waals surface area (Å²) in [5, 5.41) is 2.22. The molecule has 2 atom stereocenters. The number of benzene rings is 1. The van der Waals surface area contributed by atoms with Gasteiger partial charge in [-0.05, 0) is 24.0 Å². The maximum Gasteiger partial charge on any atom is 0.264 e. The Morgan fingerprint density at radius 3 is 2.55 bits per heavy atom. The molecular weight excluding hydrogens is 374 g/mol. The smallest absolute Gasteiger partial charge is 0.264 e. The molecule has 3 aliphatic rings. The number of amides is 4. The van der Waals surface area contributed by atoms with Crippen LogP contribution in [0.1, 0.15) is 54.3 Å². The van der Waals surface area contributed by atoms with Crippen molar-refractivity contribution >= 4 is 29.3 Å². The Labute approximate surface area is 169 Å². The van der Waals surface area contributed by atoms with Gasteiger partial charge >= 0.3 is 0 Å². The van der Waals surface area contributed by atoms with E-state index in [1.807, 2.05) is 6.07 Å². The number of rotatable bonds is 2. The fraction of sp³-hybridized carbons (Fsp3) is 0.524. The fourth-order valence-electron chi connectivity index (χ4n) is 4.15. The minimum atomic E-state index is -0.958. The van der Waals surface area contributed by atoms with Crippen LogP contribution in [0, 0.1) is 5.41 Å². The van der Waals surface area contributed by atoms with Crippen LogP contribution in [0.5, 0.6) is 0 Å². The highest BCUT2D eigenvalue weighted by Crippen LogP contribution is 2.36. The minimum absolute atomic E-state index is 0.00875. The topological polar surface area (TPSA) is 96.0 Å². The molecular formula is C21H25N3O5. The lowest BCUT2D eigenvalue weighted by molar-refractivity contribution is -0.136. The number of carbonyl (C=O) groups is 4. The van der Waals surface area contributed by atoms with Crippen LogP contribution in [-0.2, 0) is 14.3 Å². The Bertz CT molecular complexity index is 904. The fourth-order valence-corrected chi connectivity index (χ4v) is 4.15. The van der Waals surface area contributed by atoms with E-state index in [9.17, 15) is 19.2 Å². The van der Waals surface area contributed by atoms with E-state index in [4.69, 9.17) is 4.74 Å². The zero-order valence-electron chi connectivity index (χ0n) is 16.9. The molecule has 1 aromatic rings. The van der Waals surface area contributed by atoms with Crippen LogP contribution in [0.25, 0.3) is 0 Å². The predicted molar refractivity (Wildman–Crippen MR) is 105 cm³/mol. The SMILES string of the molecule is CC(C)(C)C1CN(c2cccc3c2C(=O)N(C2CCC(=O)NC2=O)C3=O)CCO1. The molecule has 4 rings (SSSR count). The molecule has 2 unspecified atom stereocenters. The molecule has 3 aliphatic heterocycles. The molecule has 0 aliphatic carbocycles. The number of morpholine rings is 1. The van der Waals surface area contributed by atoms with Crippen molar-refractivity contribution in [2.24, 2.45) is 5.41 Å². The van der Waals surface area contributed by atoms with Gasteiger partial charge in [0.05, 0.1) is 29.5 Å². The molecule has 29 heavy (non-hydrogen) atoms. The quantitative estimate of drug-likeness (QED) is 0.754. The molecule has 154 valence electrons. The van der Waals surface area contributed by atoms with Gasteiger partial charge in [0, 0.05) is 19.5 Å². The van der Waals surface area contributed by atoms with E-state index in [0.29, 0.717) is 36.5 Å². The molecule has 2 saturated heterocycles. The van der Waals surface area contributed by atoms with Gasteiger partial charge in [0.15, 0.2) is 0 Å². The molecule has 8 nitrogen and oxygen atoms in total. The number of nitrogens with one attached hydrogen (secondary N) is 1. The minimum Gasteiger partial charge on any atom is -0.374 e. The Kier molecular flexibility index (Phi) is 4.69. The average molecular weight is 399 g/mol. The Balaban J connectivity index is 1.66. The van der Waals surface area contributed by atoms with E-state index >= 15 is 0 Å². The van der Waals surface area contributed by atoms with Gasteiger partial charge in [-0.25, -0.2) is 0 Å². The van der Waals surface area contributed by atoms with E-state index in [1.165, 1.54) is 0 Å². The predicted octanol–water partition coefficient (Wildman–Crippen LogP) is 1.34. The third-order valence-corrected chi connectivity index (χ3v) is 5.82. The molecule has 0 radical (unpaired) electrons. The van der Waals surface area contributed by atoms with Crippen molar-refractivity contribution in [2.75, 3.05) is 24.6 Å². The van der Waals surface area contributed by atoms with E-state index in [2.05, 4.69) is 31.0 Å². The van der Waals surface area contributed by atoms with Crippen LogP contribution in [0.3, 0.4) is 0 Å². The van der Waals surface area contributed by atoms with Gasteiger partial charge in [0.1, 0.15) is 6.04 Å². The first-order valence-electron chi connectivity index (χ1n) is 9.89. The molecule has 2 fully saturated rings. The Hall–Kier alpha value is -2.74. The number of hydrogen-bond acceptors (Lipinski definition) is 6. The molecule has 3 heterocycles. The summed E-state index contributed by atoms with van der Waals surface area (Å²) in [4.78, 5) is 53.1. The second kappa shape index (κ2) is 6.95. The molecule has 0 spiro atoms. The number of ether oxygens (including phenoxy) is 1. The Morgan fingerprint density at radius 1 is 1.10 bits per heavy atom. The summed E-state index contributed by atoms with van der Waals surface area (Å²) >= 11 is 0. The number of anilines is 1.